The van der Waals surface area contributed by atoms with E-state index in [4.69, 9.17) is 16.3 Å². The minimum Gasteiger partial charge on any atom is -0.378 e. The van der Waals surface area contributed by atoms with Gasteiger partial charge in [-0.1, -0.05) is 20.8 Å². The summed E-state index contributed by atoms with van der Waals surface area (Å²) in [5, 5.41) is 0. The molecule has 0 aromatic heterocycles. The summed E-state index contributed by atoms with van der Waals surface area (Å²) in [5.74, 6) is 1.60. The third kappa shape index (κ3) is 1.63. The van der Waals surface area contributed by atoms with Crippen LogP contribution in [0.25, 0.3) is 0 Å². The molecule has 3 atom stereocenters. The van der Waals surface area contributed by atoms with Gasteiger partial charge in [0.2, 0.25) is 0 Å². The first-order valence-corrected chi connectivity index (χ1v) is 6.73. The normalized spacial score (nSPS) is 42.4. The highest BCUT2D eigenvalue weighted by Crippen LogP contribution is 2.66. The summed E-state index contributed by atoms with van der Waals surface area (Å²) < 4.78 is 6.03. The second-order valence-corrected chi connectivity index (χ2v) is 6.39. The Kier molecular flexibility index (Phi) is 3.07. The molecule has 0 saturated heterocycles. The molecule has 88 valence electrons. The molecular formula is C13H23ClO. The van der Waals surface area contributed by atoms with Crippen molar-refractivity contribution in [3.05, 3.63) is 0 Å². The second-order valence-electron chi connectivity index (χ2n) is 6.01. The number of hydrogen-bond acceptors (Lipinski definition) is 1. The SMILES string of the molecule is CC1(C)C2CCC1(C)C(OCCCCl)C2. The van der Waals surface area contributed by atoms with E-state index in [1.165, 1.54) is 19.3 Å². The fourth-order valence-corrected chi connectivity index (χ4v) is 3.77. The van der Waals surface area contributed by atoms with Crippen LogP contribution in [0.5, 0.6) is 0 Å². The van der Waals surface area contributed by atoms with E-state index in [-0.39, 0.29) is 0 Å². The second kappa shape index (κ2) is 3.92. The fourth-order valence-electron chi connectivity index (χ4n) is 3.66. The lowest BCUT2D eigenvalue weighted by Gasteiger charge is -2.38. The van der Waals surface area contributed by atoms with E-state index in [1.807, 2.05) is 0 Å². The summed E-state index contributed by atoms with van der Waals surface area (Å²) in [4.78, 5) is 0. The van der Waals surface area contributed by atoms with Crippen molar-refractivity contribution in [1.82, 2.24) is 0 Å². The van der Waals surface area contributed by atoms with Gasteiger partial charge in [-0.25, -0.2) is 0 Å². The van der Waals surface area contributed by atoms with Gasteiger partial charge in [0.25, 0.3) is 0 Å². The third-order valence-electron chi connectivity index (χ3n) is 5.31. The Labute approximate surface area is 98.5 Å². The standard InChI is InChI=1S/C13H23ClO/c1-12(2)10-5-6-13(12,3)11(9-10)15-8-4-7-14/h10-11H,4-9H2,1-3H3. The Hall–Kier alpha value is 0.250. The van der Waals surface area contributed by atoms with Crippen LogP contribution in [0, 0.1) is 16.7 Å². The average molecular weight is 231 g/mol. The molecule has 2 saturated carbocycles. The van der Waals surface area contributed by atoms with E-state index >= 15 is 0 Å². The smallest absolute Gasteiger partial charge is 0.0636 e. The van der Waals surface area contributed by atoms with Crippen molar-refractivity contribution in [2.75, 3.05) is 12.5 Å². The van der Waals surface area contributed by atoms with Gasteiger partial charge in [-0.3, -0.25) is 0 Å². The fraction of sp³-hybridized carbons (Fsp3) is 1.00. The van der Waals surface area contributed by atoms with Crippen molar-refractivity contribution < 1.29 is 4.74 Å². The predicted octanol–water partition coefficient (Wildman–Crippen LogP) is 3.85. The molecule has 0 amide bonds. The van der Waals surface area contributed by atoms with E-state index in [0.717, 1.165) is 24.8 Å². The molecule has 2 bridgehead atoms. The quantitative estimate of drug-likeness (QED) is 0.527. The lowest BCUT2D eigenvalue weighted by Crippen LogP contribution is -2.37. The Morgan fingerprint density at radius 1 is 1.33 bits per heavy atom. The summed E-state index contributed by atoms with van der Waals surface area (Å²) in [6.45, 7) is 8.11. The van der Waals surface area contributed by atoms with E-state index in [2.05, 4.69) is 20.8 Å². The largest absolute Gasteiger partial charge is 0.378 e. The van der Waals surface area contributed by atoms with Gasteiger partial charge in [0, 0.05) is 12.5 Å². The third-order valence-corrected chi connectivity index (χ3v) is 5.58. The van der Waals surface area contributed by atoms with Crippen LogP contribution in [0.1, 0.15) is 46.5 Å². The Morgan fingerprint density at radius 3 is 2.53 bits per heavy atom. The zero-order chi connectivity index (χ0) is 11.1. The number of halogens is 1. The molecule has 2 heteroatoms. The van der Waals surface area contributed by atoms with Gasteiger partial charge in [0.1, 0.15) is 0 Å². The van der Waals surface area contributed by atoms with E-state index < -0.39 is 0 Å². The van der Waals surface area contributed by atoms with Gasteiger partial charge in [-0.05, 0) is 42.4 Å². The molecule has 0 radical (unpaired) electrons. The summed E-state index contributed by atoms with van der Waals surface area (Å²) in [7, 11) is 0. The van der Waals surface area contributed by atoms with Crippen LogP contribution in [0.15, 0.2) is 0 Å². The topological polar surface area (TPSA) is 9.23 Å². The maximum absolute atomic E-state index is 6.03. The maximum atomic E-state index is 6.03. The van der Waals surface area contributed by atoms with Gasteiger partial charge >= 0.3 is 0 Å². The summed E-state index contributed by atoms with van der Waals surface area (Å²) in [6.07, 6.45) is 5.48. The minimum absolute atomic E-state index is 0.407. The van der Waals surface area contributed by atoms with E-state index in [1.54, 1.807) is 0 Å². The molecule has 15 heavy (non-hydrogen) atoms. The van der Waals surface area contributed by atoms with Crippen molar-refractivity contribution in [3.63, 3.8) is 0 Å². The molecule has 2 rings (SSSR count). The zero-order valence-corrected chi connectivity index (χ0v) is 10.9. The molecule has 0 heterocycles. The number of fused-ring (bicyclic) bond motifs is 2. The highest BCUT2D eigenvalue weighted by atomic mass is 35.5. The van der Waals surface area contributed by atoms with Gasteiger partial charge in [-0.2, -0.15) is 0 Å². The van der Waals surface area contributed by atoms with E-state index in [9.17, 15) is 0 Å². The highest BCUT2D eigenvalue weighted by molar-refractivity contribution is 6.17. The monoisotopic (exact) mass is 230 g/mol. The van der Waals surface area contributed by atoms with Crippen LogP contribution < -0.4 is 0 Å². The summed E-state index contributed by atoms with van der Waals surface area (Å²) in [5.41, 5.74) is 0.878. The Morgan fingerprint density at radius 2 is 2.07 bits per heavy atom. The maximum Gasteiger partial charge on any atom is 0.0636 e. The number of rotatable bonds is 4. The van der Waals surface area contributed by atoms with Crippen molar-refractivity contribution in [3.8, 4) is 0 Å². The minimum atomic E-state index is 0.407. The first-order chi connectivity index (χ1) is 7.02. The van der Waals surface area contributed by atoms with Crippen LogP contribution in [0.2, 0.25) is 0 Å². The van der Waals surface area contributed by atoms with Gasteiger partial charge in [0.15, 0.2) is 0 Å². The Bertz CT molecular complexity index is 239. The molecule has 2 aliphatic carbocycles. The molecule has 1 nitrogen and oxygen atoms in total. The van der Waals surface area contributed by atoms with E-state index in [0.29, 0.717) is 16.9 Å². The molecule has 0 aromatic carbocycles. The number of ether oxygens (including phenoxy) is 1. The average Bonchev–Trinajstić information content (AvgIpc) is 2.51. The summed E-state index contributed by atoms with van der Waals surface area (Å²) >= 11 is 5.68. The molecule has 0 spiro atoms. The van der Waals surface area contributed by atoms with Gasteiger partial charge in [-0.15, -0.1) is 11.6 Å². The van der Waals surface area contributed by atoms with Gasteiger partial charge in [0.05, 0.1) is 6.10 Å². The predicted molar refractivity (Wildman–Crippen MR) is 64.3 cm³/mol. The summed E-state index contributed by atoms with van der Waals surface area (Å²) in [6, 6.07) is 0. The van der Waals surface area contributed by atoms with Gasteiger partial charge < -0.3 is 4.74 Å². The van der Waals surface area contributed by atoms with Crippen molar-refractivity contribution in [2.45, 2.75) is 52.6 Å². The molecule has 0 N–H and O–H groups in total. The van der Waals surface area contributed by atoms with Crippen LogP contribution in [0.4, 0.5) is 0 Å². The molecular weight excluding hydrogens is 208 g/mol. The van der Waals surface area contributed by atoms with Crippen molar-refractivity contribution in [2.24, 2.45) is 16.7 Å². The number of alkyl halides is 1. The molecule has 0 aromatic rings. The first-order valence-electron chi connectivity index (χ1n) is 6.20. The molecule has 3 unspecified atom stereocenters. The highest BCUT2D eigenvalue weighted by Gasteiger charge is 2.61. The van der Waals surface area contributed by atoms with Crippen molar-refractivity contribution >= 4 is 11.6 Å². The first kappa shape index (κ1) is 11.7. The van der Waals surface area contributed by atoms with Crippen LogP contribution >= 0.6 is 11.6 Å². The van der Waals surface area contributed by atoms with Crippen molar-refractivity contribution in [1.29, 1.82) is 0 Å². The molecule has 2 aliphatic rings. The van der Waals surface area contributed by atoms with Crippen LogP contribution in [-0.4, -0.2) is 18.6 Å². The number of hydrogen-bond donors (Lipinski definition) is 0. The van der Waals surface area contributed by atoms with Crippen LogP contribution in [0.3, 0.4) is 0 Å². The molecule has 0 aliphatic heterocycles. The Balaban J connectivity index is 1.99. The zero-order valence-electron chi connectivity index (χ0n) is 10.2. The van der Waals surface area contributed by atoms with Crippen LogP contribution in [-0.2, 0) is 4.74 Å². The lowest BCUT2D eigenvalue weighted by atomic mass is 9.70. The molecule has 2 fully saturated rings. The lowest BCUT2D eigenvalue weighted by molar-refractivity contribution is -0.0459.